The molecule has 2 rings (SSSR count). The maximum Gasteiger partial charge on any atom is 0.255 e. The molecule has 0 heterocycles. The Kier molecular flexibility index (Phi) is 5.10. The Morgan fingerprint density at radius 1 is 0.857 bits per heavy atom. The fourth-order valence-corrected chi connectivity index (χ4v) is 1.84. The summed E-state index contributed by atoms with van der Waals surface area (Å²) in [5, 5.41) is 5.60. The third kappa shape index (κ3) is 4.18. The first kappa shape index (κ1) is 14.8. The molecular formula is C17H18N2O2. The molecule has 0 saturated carbocycles. The van der Waals surface area contributed by atoms with Crippen LogP contribution in [0, 0.1) is 0 Å². The third-order valence-corrected chi connectivity index (χ3v) is 2.98. The normalized spacial score (nSPS) is 9.95. The van der Waals surface area contributed by atoms with Gasteiger partial charge in [0.25, 0.3) is 11.8 Å². The van der Waals surface area contributed by atoms with Gasteiger partial charge in [-0.15, -0.1) is 0 Å². The van der Waals surface area contributed by atoms with Gasteiger partial charge in [0.2, 0.25) is 0 Å². The topological polar surface area (TPSA) is 58.2 Å². The summed E-state index contributed by atoms with van der Waals surface area (Å²) in [4.78, 5) is 23.8. The van der Waals surface area contributed by atoms with Crippen LogP contribution in [0.15, 0.2) is 54.6 Å². The van der Waals surface area contributed by atoms with Gasteiger partial charge in [-0.1, -0.05) is 25.1 Å². The van der Waals surface area contributed by atoms with Crippen molar-refractivity contribution in [2.75, 3.05) is 11.9 Å². The highest BCUT2D eigenvalue weighted by Gasteiger charge is 2.08. The van der Waals surface area contributed by atoms with E-state index in [4.69, 9.17) is 0 Å². The molecule has 2 amide bonds. The molecular weight excluding hydrogens is 264 g/mol. The lowest BCUT2D eigenvalue weighted by Gasteiger charge is -2.06. The van der Waals surface area contributed by atoms with Crippen LogP contribution in [-0.2, 0) is 0 Å². The van der Waals surface area contributed by atoms with Crippen LogP contribution < -0.4 is 10.6 Å². The lowest BCUT2D eigenvalue weighted by molar-refractivity contribution is 0.0951. The predicted molar refractivity (Wildman–Crippen MR) is 83.5 cm³/mol. The number of para-hydroxylation sites is 1. The molecule has 0 unspecified atom stereocenters. The molecule has 0 bridgehead atoms. The first-order valence-corrected chi connectivity index (χ1v) is 6.95. The standard InChI is InChI=1S/C17H18N2O2/c1-2-12-18-16(20)13-8-10-14(11-9-13)17(21)19-15-6-4-3-5-7-15/h3-11H,2,12H2,1H3,(H,18,20)(H,19,21). The smallest absolute Gasteiger partial charge is 0.255 e. The third-order valence-electron chi connectivity index (χ3n) is 2.98. The molecule has 2 N–H and O–H groups in total. The van der Waals surface area contributed by atoms with Crippen molar-refractivity contribution in [1.82, 2.24) is 5.32 Å². The second kappa shape index (κ2) is 7.24. The second-order valence-corrected chi connectivity index (χ2v) is 4.65. The van der Waals surface area contributed by atoms with Crippen LogP contribution in [0.4, 0.5) is 5.69 Å². The molecule has 4 nitrogen and oxygen atoms in total. The second-order valence-electron chi connectivity index (χ2n) is 4.65. The maximum atomic E-state index is 12.1. The van der Waals surface area contributed by atoms with Crippen molar-refractivity contribution < 1.29 is 9.59 Å². The van der Waals surface area contributed by atoms with E-state index in [2.05, 4.69) is 10.6 Å². The van der Waals surface area contributed by atoms with Gasteiger partial charge in [0, 0.05) is 23.4 Å². The molecule has 0 saturated heterocycles. The molecule has 2 aromatic rings. The molecule has 0 fully saturated rings. The minimum Gasteiger partial charge on any atom is -0.352 e. The summed E-state index contributed by atoms with van der Waals surface area (Å²) in [7, 11) is 0. The number of hydrogen-bond acceptors (Lipinski definition) is 2. The molecule has 0 aliphatic carbocycles. The summed E-state index contributed by atoms with van der Waals surface area (Å²) in [6.45, 7) is 2.65. The zero-order valence-electron chi connectivity index (χ0n) is 11.9. The fourth-order valence-electron chi connectivity index (χ4n) is 1.84. The number of carbonyl (C=O) groups is 2. The van der Waals surface area contributed by atoms with Crippen LogP contribution in [0.2, 0.25) is 0 Å². The van der Waals surface area contributed by atoms with Crippen LogP contribution in [0.3, 0.4) is 0 Å². The van der Waals surface area contributed by atoms with Crippen LogP contribution in [0.25, 0.3) is 0 Å². The van der Waals surface area contributed by atoms with E-state index in [0.717, 1.165) is 12.1 Å². The summed E-state index contributed by atoms with van der Waals surface area (Å²) in [6, 6.07) is 15.9. The van der Waals surface area contributed by atoms with Gasteiger partial charge in [0.1, 0.15) is 0 Å². The van der Waals surface area contributed by atoms with E-state index in [1.165, 1.54) is 0 Å². The van der Waals surface area contributed by atoms with E-state index in [9.17, 15) is 9.59 Å². The number of hydrogen-bond donors (Lipinski definition) is 2. The van der Waals surface area contributed by atoms with Crippen LogP contribution in [0.1, 0.15) is 34.1 Å². The summed E-state index contributed by atoms with van der Waals surface area (Å²) >= 11 is 0. The van der Waals surface area contributed by atoms with Crippen molar-refractivity contribution >= 4 is 17.5 Å². The minimum absolute atomic E-state index is 0.119. The first-order chi connectivity index (χ1) is 10.2. The number of carbonyl (C=O) groups excluding carboxylic acids is 2. The van der Waals surface area contributed by atoms with Crippen molar-refractivity contribution in [2.45, 2.75) is 13.3 Å². The van der Waals surface area contributed by atoms with Gasteiger partial charge in [-0.05, 0) is 42.8 Å². The summed E-state index contributed by atoms with van der Waals surface area (Å²) in [5.41, 5.74) is 1.82. The Hall–Kier alpha value is -2.62. The monoisotopic (exact) mass is 282 g/mol. The van der Waals surface area contributed by atoms with E-state index in [0.29, 0.717) is 17.7 Å². The quantitative estimate of drug-likeness (QED) is 0.885. The van der Waals surface area contributed by atoms with E-state index < -0.39 is 0 Å². The first-order valence-electron chi connectivity index (χ1n) is 6.95. The molecule has 21 heavy (non-hydrogen) atoms. The predicted octanol–water partition coefficient (Wildman–Crippen LogP) is 3.08. The molecule has 0 aromatic heterocycles. The maximum absolute atomic E-state index is 12.1. The highest BCUT2D eigenvalue weighted by molar-refractivity contribution is 6.05. The molecule has 0 aliphatic heterocycles. The molecule has 2 aromatic carbocycles. The van der Waals surface area contributed by atoms with Crippen molar-refractivity contribution in [3.63, 3.8) is 0 Å². The molecule has 108 valence electrons. The highest BCUT2D eigenvalue weighted by atomic mass is 16.2. The number of anilines is 1. The number of nitrogens with one attached hydrogen (secondary N) is 2. The number of benzene rings is 2. The number of amides is 2. The highest BCUT2D eigenvalue weighted by Crippen LogP contribution is 2.10. The van der Waals surface area contributed by atoms with Crippen LogP contribution in [0.5, 0.6) is 0 Å². The van der Waals surface area contributed by atoms with Gasteiger partial charge in [-0.3, -0.25) is 9.59 Å². The lowest BCUT2D eigenvalue weighted by Crippen LogP contribution is -2.24. The van der Waals surface area contributed by atoms with Crippen molar-refractivity contribution in [1.29, 1.82) is 0 Å². The Morgan fingerprint density at radius 2 is 1.43 bits per heavy atom. The molecule has 0 spiro atoms. The van der Waals surface area contributed by atoms with Gasteiger partial charge in [-0.25, -0.2) is 0 Å². The van der Waals surface area contributed by atoms with Gasteiger partial charge in [-0.2, -0.15) is 0 Å². The molecule has 0 atom stereocenters. The zero-order chi connectivity index (χ0) is 15.1. The molecule has 0 aliphatic rings. The SMILES string of the molecule is CCCNC(=O)c1ccc(C(=O)Nc2ccccc2)cc1. The van der Waals surface area contributed by atoms with E-state index in [1.807, 2.05) is 37.3 Å². The Bertz CT molecular complexity index is 606. The Balaban J connectivity index is 2.01. The number of rotatable bonds is 5. The molecule has 0 radical (unpaired) electrons. The van der Waals surface area contributed by atoms with E-state index >= 15 is 0 Å². The Labute approximate surface area is 124 Å². The van der Waals surface area contributed by atoms with Gasteiger partial charge in [0.05, 0.1) is 0 Å². The fraction of sp³-hybridized carbons (Fsp3) is 0.176. The largest absolute Gasteiger partial charge is 0.352 e. The molecule has 4 heteroatoms. The van der Waals surface area contributed by atoms with E-state index in [-0.39, 0.29) is 11.8 Å². The van der Waals surface area contributed by atoms with Gasteiger partial charge in [0.15, 0.2) is 0 Å². The summed E-state index contributed by atoms with van der Waals surface area (Å²) in [6.07, 6.45) is 0.892. The Morgan fingerprint density at radius 3 is 2.00 bits per heavy atom. The van der Waals surface area contributed by atoms with Crippen molar-refractivity contribution in [3.8, 4) is 0 Å². The van der Waals surface area contributed by atoms with Gasteiger partial charge < -0.3 is 10.6 Å². The average Bonchev–Trinajstić information content (AvgIpc) is 2.53. The van der Waals surface area contributed by atoms with Crippen molar-refractivity contribution in [3.05, 3.63) is 65.7 Å². The lowest BCUT2D eigenvalue weighted by atomic mass is 10.1. The van der Waals surface area contributed by atoms with Crippen molar-refractivity contribution in [2.24, 2.45) is 0 Å². The van der Waals surface area contributed by atoms with E-state index in [1.54, 1.807) is 24.3 Å². The minimum atomic E-state index is -0.193. The zero-order valence-corrected chi connectivity index (χ0v) is 11.9. The van der Waals surface area contributed by atoms with Gasteiger partial charge >= 0.3 is 0 Å². The summed E-state index contributed by atoms with van der Waals surface area (Å²) < 4.78 is 0. The average molecular weight is 282 g/mol. The van der Waals surface area contributed by atoms with Crippen LogP contribution in [-0.4, -0.2) is 18.4 Å². The summed E-state index contributed by atoms with van der Waals surface area (Å²) in [5.74, 6) is -0.311. The van der Waals surface area contributed by atoms with Crippen LogP contribution >= 0.6 is 0 Å².